The van der Waals surface area contributed by atoms with Crippen molar-refractivity contribution >= 4 is 22.5 Å². The summed E-state index contributed by atoms with van der Waals surface area (Å²) in [7, 11) is 0. The van der Waals surface area contributed by atoms with Gasteiger partial charge in [0.25, 0.3) is 0 Å². The van der Waals surface area contributed by atoms with Gasteiger partial charge in [0.2, 0.25) is 0 Å². The minimum absolute atomic E-state index is 0.0792. The molecule has 0 saturated carbocycles. The zero-order valence-corrected chi connectivity index (χ0v) is 16.8. The van der Waals surface area contributed by atoms with Crippen molar-refractivity contribution < 1.29 is 8.91 Å². The number of ketones is 1. The molecule has 0 spiro atoms. The molecule has 8 heteroatoms. The largest absolute Gasteiger partial charge is 0.354 e. The number of Topliss-reactive ketones (excluding diaryl/α,β-unsaturated/α-hetero) is 1. The predicted octanol–water partition coefficient (Wildman–Crippen LogP) is 2.59. The average Bonchev–Trinajstić information content (AvgIpc) is 3.38. The third-order valence-electron chi connectivity index (χ3n) is 5.48. The number of hydrogen-bond acceptors (Lipinski definition) is 7. The van der Waals surface area contributed by atoms with E-state index in [-0.39, 0.29) is 12.2 Å². The topological polar surface area (TPSA) is 90.9 Å². The van der Waals surface area contributed by atoms with E-state index in [1.54, 1.807) is 24.5 Å². The molecule has 0 atom stereocenters. The first-order valence-corrected chi connectivity index (χ1v) is 10.1. The number of rotatable bonds is 5. The standard InChI is InChI=1S/C23H23N7O/c1-29-6-8-30(9-7-29)23-12-17(4-5-24-23)22(31)13-20-11-18-10-16(19-14-25-26-15-19)2-3-21(18)28-27-20/h2-5,10-12,14-15H,6-9,13H2,1H3,(H,25,26)/i1D3. The summed E-state index contributed by atoms with van der Waals surface area (Å²) in [5.74, 6) is 0.592. The molecule has 1 saturated heterocycles. The fraction of sp³-hybridized carbons (Fsp3) is 0.261. The van der Waals surface area contributed by atoms with Crippen molar-refractivity contribution in [2.24, 2.45) is 0 Å². The van der Waals surface area contributed by atoms with Crippen LogP contribution in [0.25, 0.3) is 22.0 Å². The zero-order valence-electron chi connectivity index (χ0n) is 19.8. The molecule has 156 valence electrons. The van der Waals surface area contributed by atoms with Crippen LogP contribution in [0.5, 0.6) is 0 Å². The molecular formula is C23H23N7O. The van der Waals surface area contributed by atoms with Crippen LogP contribution in [-0.2, 0) is 6.42 Å². The Kier molecular flexibility index (Phi) is 4.27. The fourth-order valence-electron chi connectivity index (χ4n) is 3.73. The second-order valence-electron chi connectivity index (χ2n) is 7.57. The lowest BCUT2D eigenvalue weighted by molar-refractivity contribution is 0.0991. The molecule has 0 bridgehead atoms. The highest BCUT2D eigenvalue weighted by Crippen LogP contribution is 2.23. The normalized spacial score (nSPS) is 16.6. The Labute approximate surface area is 184 Å². The van der Waals surface area contributed by atoms with Crippen molar-refractivity contribution in [1.82, 2.24) is 30.3 Å². The van der Waals surface area contributed by atoms with E-state index in [2.05, 4.69) is 25.4 Å². The first-order chi connectivity index (χ1) is 16.4. The summed E-state index contributed by atoms with van der Waals surface area (Å²) < 4.78 is 22.7. The Morgan fingerprint density at radius 3 is 2.81 bits per heavy atom. The van der Waals surface area contributed by atoms with E-state index >= 15 is 0 Å². The summed E-state index contributed by atoms with van der Waals surface area (Å²) in [5.41, 5.74) is 3.86. The molecule has 0 unspecified atom stereocenters. The second-order valence-corrected chi connectivity index (χ2v) is 7.57. The number of carbonyl (C=O) groups excluding carboxylic acids is 1. The highest BCUT2D eigenvalue weighted by atomic mass is 16.1. The maximum Gasteiger partial charge on any atom is 0.169 e. The molecule has 1 fully saturated rings. The quantitative estimate of drug-likeness (QED) is 0.500. The maximum absolute atomic E-state index is 13.0. The Morgan fingerprint density at radius 1 is 1.10 bits per heavy atom. The van der Waals surface area contributed by atoms with Gasteiger partial charge in [-0.3, -0.25) is 9.89 Å². The van der Waals surface area contributed by atoms with E-state index in [0.717, 1.165) is 22.0 Å². The number of nitrogens with one attached hydrogen (secondary N) is 1. The van der Waals surface area contributed by atoms with Gasteiger partial charge < -0.3 is 9.80 Å². The van der Waals surface area contributed by atoms with Gasteiger partial charge in [-0.25, -0.2) is 4.98 Å². The van der Waals surface area contributed by atoms with E-state index in [1.165, 1.54) is 4.90 Å². The van der Waals surface area contributed by atoms with Gasteiger partial charge in [-0.2, -0.15) is 15.3 Å². The van der Waals surface area contributed by atoms with Crippen LogP contribution in [0.1, 0.15) is 20.2 Å². The van der Waals surface area contributed by atoms with Gasteiger partial charge in [-0.1, -0.05) is 6.07 Å². The number of hydrogen-bond donors (Lipinski definition) is 1. The number of nitrogens with zero attached hydrogens (tertiary/aromatic N) is 6. The third-order valence-corrected chi connectivity index (χ3v) is 5.48. The van der Waals surface area contributed by atoms with Crippen LogP contribution in [0.3, 0.4) is 0 Å². The summed E-state index contributed by atoms with van der Waals surface area (Å²) in [5, 5.41) is 16.2. The Balaban J connectivity index is 1.31. The number of benzene rings is 1. The smallest absolute Gasteiger partial charge is 0.169 e. The number of pyridine rings is 1. The minimum atomic E-state index is -2.09. The molecular weight excluding hydrogens is 390 g/mol. The maximum atomic E-state index is 13.0. The van der Waals surface area contributed by atoms with Gasteiger partial charge in [-0.05, 0) is 42.9 Å². The van der Waals surface area contributed by atoms with Crippen LogP contribution in [0.4, 0.5) is 5.82 Å². The molecule has 5 rings (SSSR count). The monoisotopic (exact) mass is 416 g/mol. The molecule has 31 heavy (non-hydrogen) atoms. The first-order valence-electron chi connectivity index (χ1n) is 11.6. The van der Waals surface area contributed by atoms with Gasteiger partial charge in [0.15, 0.2) is 5.78 Å². The number of piperazine rings is 1. The van der Waals surface area contributed by atoms with Crippen LogP contribution in [0.2, 0.25) is 0 Å². The molecule has 0 amide bonds. The average molecular weight is 417 g/mol. The predicted molar refractivity (Wildman–Crippen MR) is 119 cm³/mol. The van der Waals surface area contributed by atoms with E-state index in [9.17, 15) is 4.79 Å². The van der Waals surface area contributed by atoms with Gasteiger partial charge in [0, 0.05) is 59.2 Å². The second kappa shape index (κ2) is 8.23. The lowest BCUT2D eigenvalue weighted by Crippen LogP contribution is -2.44. The molecule has 0 radical (unpaired) electrons. The number of aromatic amines is 1. The fourth-order valence-corrected chi connectivity index (χ4v) is 3.73. The molecule has 8 nitrogen and oxygen atoms in total. The van der Waals surface area contributed by atoms with Crippen molar-refractivity contribution in [3.05, 3.63) is 66.2 Å². The van der Waals surface area contributed by atoms with Gasteiger partial charge in [0.05, 0.1) is 23.8 Å². The van der Waals surface area contributed by atoms with Crippen molar-refractivity contribution in [1.29, 1.82) is 0 Å². The van der Waals surface area contributed by atoms with E-state index in [0.29, 0.717) is 43.3 Å². The number of H-pyrrole nitrogens is 1. The molecule has 1 aliphatic rings. The summed E-state index contributed by atoms with van der Waals surface area (Å²) >= 11 is 0. The van der Waals surface area contributed by atoms with Crippen molar-refractivity contribution in [2.75, 3.05) is 38.1 Å². The summed E-state index contributed by atoms with van der Waals surface area (Å²) in [6, 6.07) is 11.2. The lowest BCUT2D eigenvalue weighted by Gasteiger charge is -2.33. The number of aromatic nitrogens is 5. The Bertz CT molecular complexity index is 1320. The number of anilines is 1. The van der Waals surface area contributed by atoms with Gasteiger partial charge in [0.1, 0.15) is 5.82 Å². The Morgan fingerprint density at radius 2 is 2.00 bits per heavy atom. The third kappa shape index (κ3) is 4.15. The SMILES string of the molecule is [2H]C([2H])([2H])N1CCN(c2cc(C(=O)Cc3cc4cc(-c5cn[nH]c5)ccc4nn3)ccn2)CC1. The van der Waals surface area contributed by atoms with Crippen LogP contribution in [0.15, 0.2) is 55.0 Å². The molecule has 0 aliphatic carbocycles. The first kappa shape index (κ1) is 16.1. The molecule has 4 aromatic rings. The summed E-state index contributed by atoms with van der Waals surface area (Å²) in [6.45, 7) is -0.165. The van der Waals surface area contributed by atoms with E-state index in [1.807, 2.05) is 35.4 Å². The Hall–Kier alpha value is -3.65. The van der Waals surface area contributed by atoms with Gasteiger partial charge in [-0.15, -0.1) is 0 Å². The molecule has 3 aromatic heterocycles. The van der Waals surface area contributed by atoms with Crippen LogP contribution >= 0.6 is 0 Å². The molecule has 4 heterocycles. The zero-order chi connectivity index (χ0) is 23.7. The van der Waals surface area contributed by atoms with Crippen molar-refractivity contribution in [3.8, 4) is 11.1 Å². The number of likely N-dealkylation sites (N-methyl/N-ethyl adjacent to an activating group) is 1. The molecule has 1 aliphatic heterocycles. The summed E-state index contributed by atoms with van der Waals surface area (Å²) in [4.78, 5) is 20.9. The minimum Gasteiger partial charge on any atom is -0.354 e. The highest BCUT2D eigenvalue weighted by Gasteiger charge is 2.17. The van der Waals surface area contributed by atoms with E-state index < -0.39 is 6.98 Å². The molecule has 1 aromatic carbocycles. The van der Waals surface area contributed by atoms with Crippen LogP contribution in [0, 0.1) is 0 Å². The van der Waals surface area contributed by atoms with Gasteiger partial charge >= 0.3 is 0 Å². The van der Waals surface area contributed by atoms with Crippen molar-refractivity contribution in [2.45, 2.75) is 6.42 Å². The number of fused-ring (bicyclic) bond motifs is 1. The molecule has 1 N–H and O–H groups in total. The van der Waals surface area contributed by atoms with Crippen molar-refractivity contribution in [3.63, 3.8) is 0 Å². The lowest BCUT2D eigenvalue weighted by atomic mass is 10.0. The number of carbonyl (C=O) groups is 1. The van der Waals surface area contributed by atoms with Crippen LogP contribution in [-0.4, -0.2) is 69.2 Å². The highest BCUT2D eigenvalue weighted by molar-refractivity contribution is 5.98. The van der Waals surface area contributed by atoms with Crippen LogP contribution < -0.4 is 4.90 Å². The summed E-state index contributed by atoms with van der Waals surface area (Å²) in [6.07, 6.45) is 5.31. The van der Waals surface area contributed by atoms with E-state index in [4.69, 9.17) is 4.11 Å².